The summed E-state index contributed by atoms with van der Waals surface area (Å²) in [6.45, 7) is 7.57. The van der Waals surface area contributed by atoms with Crippen molar-refractivity contribution in [1.29, 1.82) is 0 Å². The van der Waals surface area contributed by atoms with E-state index in [-0.39, 0.29) is 18.6 Å². The van der Waals surface area contributed by atoms with E-state index in [1.165, 1.54) is 10.8 Å². The molecule has 24 heavy (non-hydrogen) atoms. The Kier molecular flexibility index (Phi) is 6.36. The molecule has 1 saturated heterocycles. The second-order valence-corrected chi connectivity index (χ2v) is 6.86. The minimum Gasteiger partial charge on any atom is -0.375 e. The fourth-order valence-electron chi connectivity index (χ4n) is 2.86. The maximum Gasteiger partial charge on any atom is 0.328 e. The largest absolute Gasteiger partial charge is 0.375 e. The van der Waals surface area contributed by atoms with Gasteiger partial charge in [-0.1, -0.05) is 26.7 Å². The molecule has 134 valence electrons. The van der Waals surface area contributed by atoms with E-state index in [2.05, 4.69) is 18.8 Å². The fraction of sp³-hybridized carbons (Fsp3) is 0.706. The van der Waals surface area contributed by atoms with Crippen LogP contribution in [0.3, 0.4) is 0 Å². The van der Waals surface area contributed by atoms with Crippen LogP contribution in [0.25, 0.3) is 0 Å². The molecule has 2 rings (SSSR count). The summed E-state index contributed by atoms with van der Waals surface area (Å²) in [4.78, 5) is 39.6. The van der Waals surface area contributed by atoms with E-state index < -0.39 is 11.2 Å². The minimum absolute atomic E-state index is 0.0603. The van der Waals surface area contributed by atoms with Crippen LogP contribution in [0.2, 0.25) is 0 Å². The van der Waals surface area contributed by atoms with Crippen LogP contribution in [0.1, 0.15) is 38.7 Å². The molecule has 0 spiro atoms. The standard InChI is InChI=1S/C17H27N3O4/c1-12(2)5-4-6-14-10-19(7-8-24-14)15(21)11-20-9-13(3)16(22)18-17(20)23/h9,12,14H,4-8,10-11H2,1-3H3,(H,18,22,23)/t14-/m0/s1. The Morgan fingerprint density at radius 3 is 2.88 bits per heavy atom. The van der Waals surface area contributed by atoms with Crippen LogP contribution in [-0.2, 0) is 16.1 Å². The maximum absolute atomic E-state index is 12.5. The lowest BCUT2D eigenvalue weighted by Crippen LogP contribution is -2.47. The maximum atomic E-state index is 12.5. The number of morpholine rings is 1. The summed E-state index contributed by atoms with van der Waals surface area (Å²) in [6, 6.07) is 0. The summed E-state index contributed by atoms with van der Waals surface area (Å²) in [7, 11) is 0. The zero-order valence-corrected chi connectivity index (χ0v) is 14.7. The highest BCUT2D eigenvalue weighted by molar-refractivity contribution is 5.76. The van der Waals surface area contributed by atoms with Crippen LogP contribution in [-0.4, -0.2) is 46.2 Å². The molecule has 1 atom stereocenters. The van der Waals surface area contributed by atoms with E-state index in [1.807, 2.05) is 0 Å². The number of H-pyrrole nitrogens is 1. The lowest BCUT2D eigenvalue weighted by molar-refractivity contribution is -0.139. The number of ether oxygens (including phenoxy) is 1. The third kappa shape index (κ3) is 5.06. The lowest BCUT2D eigenvalue weighted by atomic mass is 10.0. The number of nitrogens with zero attached hydrogens (tertiary/aromatic N) is 2. The normalized spacial score (nSPS) is 18.2. The van der Waals surface area contributed by atoms with E-state index in [9.17, 15) is 14.4 Å². The highest BCUT2D eigenvalue weighted by Gasteiger charge is 2.24. The topological polar surface area (TPSA) is 84.4 Å². The van der Waals surface area contributed by atoms with E-state index in [1.54, 1.807) is 11.8 Å². The zero-order valence-electron chi connectivity index (χ0n) is 14.7. The highest BCUT2D eigenvalue weighted by Crippen LogP contribution is 2.15. The first-order valence-corrected chi connectivity index (χ1v) is 8.56. The molecular formula is C17H27N3O4. The molecule has 7 nitrogen and oxygen atoms in total. The van der Waals surface area contributed by atoms with Gasteiger partial charge in [0.25, 0.3) is 5.56 Å². The van der Waals surface area contributed by atoms with Gasteiger partial charge in [-0.05, 0) is 19.3 Å². The SMILES string of the molecule is Cc1cn(CC(=O)N2CCO[C@@H](CCCC(C)C)C2)c(=O)[nH]c1=O. The first-order valence-electron chi connectivity index (χ1n) is 8.56. The molecule has 0 radical (unpaired) electrons. The molecule has 1 amide bonds. The molecule has 0 bridgehead atoms. The minimum atomic E-state index is -0.555. The first-order chi connectivity index (χ1) is 11.4. The Balaban J connectivity index is 1.93. The number of carbonyl (C=O) groups excluding carboxylic acids is 1. The molecule has 7 heteroatoms. The molecule has 1 aliphatic rings. The zero-order chi connectivity index (χ0) is 17.7. The molecular weight excluding hydrogens is 310 g/mol. The van der Waals surface area contributed by atoms with Crippen molar-refractivity contribution in [3.05, 3.63) is 32.6 Å². The van der Waals surface area contributed by atoms with Crippen molar-refractivity contribution in [3.8, 4) is 0 Å². The molecule has 0 saturated carbocycles. The van der Waals surface area contributed by atoms with Gasteiger partial charge in [0, 0.05) is 24.8 Å². The van der Waals surface area contributed by atoms with Crippen LogP contribution < -0.4 is 11.2 Å². The molecule has 0 unspecified atom stereocenters. The fourth-order valence-corrected chi connectivity index (χ4v) is 2.86. The number of hydrogen-bond acceptors (Lipinski definition) is 4. The summed E-state index contributed by atoms with van der Waals surface area (Å²) in [5, 5.41) is 0. The van der Waals surface area contributed by atoms with Crippen LogP contribution in [0.5, 0.6) is 0 Å². The van der Waals surface area contributed by atoms with Gasteiger partial charge in [0.05, 0.1) is 12.7 Å². The van der Waals surface area contributed by atoms with Crippen LogP contribution in [0.4, 0.5) is 0 Å². The van der Waals surface area contributed by atoms with Crippen molar-refractivity contribution >= 4 is 5.91 Å². The molecule has 0 aliphatic carbocycles. The van der Waals surface area contributed by atoms with Crippen molar-refractivity contribution in [3.63, 3.8) is 0 Å². The van der Waals surface area contributed by atoms with Crippen molar-refractivity contribution < 1.29 is 9.53 Å². The molecule has 1 N–H and O–H groups in total. The number of amides is 1. The Labute approximate surface area is 141 Å². The number of rotatable bonds is 6. The first kappa shape index (κ1) is 18.4. The van der Waals surface area contributed by atoms with E-state index in [4.69, 9.17) is 4.74 Å². The lowest BCUT2D eigenvalue weighted by Gasteiger charge is -2.33. The molecule has 1 fully saturated rings. The Bertz CT molecular complexity index is 677. The summed E-state index contributed by atoms with van der Waals surface area (Å²) in [6.07, 6.45) is 4.68. The molecule has 1 aliphatic heterocycles. The quantitative estimate of drug-likeness (QED) is 0.836. The predicted molar refractivity (Wildman–Crippen MR) is 91.1 cm³/mol. The van der Waals surface area contributed by atoms with Crippen LogP contribution in [0.15, 0.2) is 15.8 Å². The van der Waals surface area contributed by atoms with E-state index >= 15 is 0 Å². The number of aryl methyl sites for hydroxylation is 1. The van der Waals surface area contributed by atoms with Gasteiger partial charge in [-0.3, -0.25) is 19.1 Å². The van der Waals surface area contributed by atoms with E-state index in [0.717, 1.165) is 19.3 Å². The Morgan fingerprint density at radius 1 is 1.42 bits per heavy atom. The predicted octanol–water partition coefficient (Wildman–Crippen LogP) is 0.899. The molecule has 0 aromatic carbocycles. The number of hydrogen-bond donors (Lipinski definition) is 1. The highest BCUT2D eigenvalue weighted by atomic mass is 16.5. The van der Waals surface area contributed by atoms with Gasteiger partial charge < -0.3 is 9.64 Å². The molecule has 1 aromatic heterocycles. The molecule has 1 aromatic rings. The van der Waals surface area contributed by atoms with Gasteiger partial charge in [-0.15, -0.1) is 0 Å². The van der Waals surface area contributed by atoms with Crippen LogP contribution >= 0.6 is 0 Å². The molecule has 2 heterocycles. The third-order valence-electron chi connectivity index (χ3n) is 4.29. The van der Waals surface area contributed by atoms with Crippen molar-refractivity contribution in [2.75, 3.05) is 19.7 Å². The number of aromatic amines is 1. The number of aromatic nitrogens is 2. The summed E-state index contributed by atoms with van der Waals surface area (Å²) in [5.74, 6) is 0.544. The van der Waals surface area contributed by atoms with Gasteiger partial charge in [0.15, 0.2) is 0 Å². The van der Waals surface area contributed by atoms with Crippen molar-refractivity contribution in [1.82, 2.24) is 14.5 Å². The average molecular weight is 337 g/mol. The van der Waals surface area contributed by atoms with Gasteiger partial charge in [0.2, 0.25) is 5.91 Å². The average Bonchev–Trinajstić information content (AvgIpc) is 2.52. The second kappa shape index (κ2) is 8.28. The summed E-state index contributed by atoms with van der Waals surface area (Å²) < 4.78 is 6.99. The summed E-state index contributed by atoms with van der Waals surface area (Å²) >= 11 is 0. The van der Waals surface area contributed by atoms with Gasteiger partial charge in [0.1, 0.15) is 6.54 Å². The Morgan fingerprint density at radius 2 is 2.17 bits per heavy atom. The number of carbonyl (C=O) groups is 1. The van der Waals surface area contributed by atoms with Crippen molar-refractivity contribution in [2.24, 2.45) is 5.92 Å². The smallest absolute Gasteiger partial charge is 0.328 e. The third-order valence-corrected chi connectivity index (χ3v) is 4.29. The van der Waals surface area contributed by atoms with Crippen LogP contribution in [0, 0.1) is 12.8 Å². The summed E-state index contributed by atoms with van der Waals surface area (Å²) in [5.41, 5.74) is -0.558. The van der Waals surface area contributed by atoms with Gasteiger partial charge in [-0.25, -0.2) is 4.79 Å². The number of nitrogens with one attached hydrogen (secondary N) is 1. The Hall–Kier alpha value is -1.89. The van der Waals surface area contributed by atoms with E-state index in [0.29, 0.717) is 31.2 Å². The second-order valence-electron chi connectivity index (χ2n) is 6.86. The van der Waals surface area contributed by atoms with Gasteiger partial charge in [-0.2, -0.15) is 0 Å². The monoisotopic (exact) mass is 337 g/mol. The van der Waals surface area contributed by atoms with Crippen molar-refractivity contribution in [2.45, 2.75) is 52.7 Å². The van der Waals surface area contributed by atoms with Gasteiger partial charge >= 0.3 is 5.69 Å².